The van der Waals surface area contributed by atoms with Crippen molar-refractivity contribution in [3.8, 4) is 11.3 Å². The first kappa shape index (κ1) is 17.9. The Hall–Kier alpha value is -2.93. The highest BCUT2D eigenvalue weighted by Crippen LogP contribution is 2.32. The van der Waals surface area contributed by atoms with E-state index in [1.165, 1.54) is 12.1 Å². The maximum absolute atomic E-state index is 13.1. The van der Waals surface area contributed by atoms with Crippen LogP contribution in [0.25, 0.3) is 11.3 Å². The van der Waals surface area contributed by atoms with Gasteiger partial charge in [0.15, 0.2) is 5.76 Å². The number of rotatable bonds is 5. The Balaban J connectivity index is 2.18. The summed E-state index contributed by atoms with van der Waals surface area (Å²) in [7, 11) is -3.97. The molecule has 0 atom stereocenters. The van der Waals surface area contributed by atoms with Crippen molar-refractivity contribution < 1.29 is 22.4 Å². The molecule has 0 fully saturated rings. The highest BCUT2D eigenvalue weighted by atomic mass is 32.2. The van der Waals surface area contributed by atoms with Gasteiger partial charge < -0.3 is 9.15 Å². The van der Waals surface area contributed by atoms with Crippen LogP contribution in [0.1, 0.15) is 23.2 Å². The molecule has 0 saturated carbocycles. The molecular weight excluding hydrogens is 354 g/mol. The highest BCUT2D eigenvalue weighted by Gasteiger charge is 2.31. The molecule has 0 aliphatic rings. The molecule has 0 saturated heterocycles. The van der Waals surface area contributed by atoms with Gasteiger partial charge in [0.05, 0.1) is 11.5 Å². The summed E-state index contributed by atoms with van der Waals surface area (Å²) in [5.41, 5.74) is 1.43. The monoisotopic (exact) mass is 371 g/mol. The molecule has 0 spiro atoms. The molecule has 0 N–H and O–H groups in total. The summed E-state index contributed by atoms with van der Waals surface area (Å²) >= 11 is 0. The van der Waals surface area contributed by atoms with Crippen molar-refractivity contribution in [2.24, 2.45) is 0 Å². The number of nitrogens with zero attached hydrogens (tertiary/aromatic N) is 1. The Bertz CT molecular complexity index is 1020. The van der Waals surface area contributed by atoms with Crippen molar-refractivity contribution in [1.82, 2.24) is 4.98 Å². The van der Waals surface area contributed by atoms with Gasteiger partial charge >= 0.3 is 11.9 Å². The fourth-order valence-corrected chi connectivity index (χ4v) is 3.69. The molecule has 1 heterocycles. The number of aromatic nitrogens is 1. The summed E-state index contributed by atoms with van der Waals surface area (Å²) in [4.78, 5) is 16.0. The van der Waals surface area contributed by atoms with E-state index in [1.54, 1.807) is 49.4 Å². The predicted octanol–water partition coefficient (Wildman–Crippen LogP) is 3.66. The van der Waals surface area contributed by atoms with E-state index in [0.717, 1.165) is 5.56 Å². The van der Waals surface area contributed by atoms with Crippen molar-refractivity contribution >= 4 is 15.8 Å². The Morgan fingerprint density at radius 3 is 2.35 bits per heavy atom. The Morgan fingerprint density at radius 1 is 1.08 bits per heavy atom. The number of aryl methyl sites for hydroxylation is 1. The van der Waals surface area contributed by atoms with Crippen LogP contribution in [0.15, 0.2) is 68.9 Å². The van der Waals surface area contributed by atoms with Crippen molar-refractivity contribution in [1.29, 1.82) is 0 Å². The van der Waals surface area contributed by atoms with Gasteiger partial charge in [0.25, 0.3) is 0 Å². The van der Waals surface area contributed by atoms with Crippen LogP contribution in [-0.2, 0) is 14.6 Å². The van der Waals surface area contributed by atoms with Crippen LogP contribution in [0.3, 0.4) is 0 Å². The summed E-state index contributed by atoms with van der Waals surface area (Å²) in [5, 5.41) is -0.310. The zero-order chi connectivity index (χ0) is 18.7. The molecule has 0 amide bonds. The maximum atomic E-state index is 13.1. The van der Waals surface area contributed by atoms with Gasteiger partial charge in [-0.3, -0.25) is 0 Å². The molecule has 0 aliphatic heterocycles. The minimum absolute atomic E-state index is 0.00854. The quantitative estimate of drug-likeness (QED) is 0.636. The zero-order valence-corrected chi connectivity index (χ0v) is 15.1. The number of esters is 1. The molecule has 134 valence electrons. The second-order valence-electron chi connectivity index (χ2n) is 5.56. The van der Waals surface area contributed by atoms with Crippen molar-refractivity contribution in [3.63, 3.8) is 0 Å². The van der Waals surface area contributed by atoms with E-state index in [9.17, 15) is 13.2 Å². The Labute approximate surface area is 151 Å². The largest absolute Gasteiger partial charge is 0.459 e. The third kappa shape index (κ3) is 3.39. The standard InChI is InChI=1S/C19H17NO5S/c1-3-24-19(21)17-20-18(16(25-17)14-7-5-4-6-8-14)26(22,23)15-11-9-13(2)10-12-15/h4-12H,3H2,1-2H3. The normalized spacial score (nSPS) is 11.3. The van der Waals surface area contributed by atoms with Crippen LogP contribution in [0.5, 0.6) is 0 Å². The average Bonchev–Trinajstić information content (AvgIpc) is 3.09. The fraction of sp³-hybridized carbons (Fsp3) is 0.158. The zero-order valence-electron chi connectivity index (χ0n) is 14.3. The van der Waals surface area contributed by atoms with E-state index in [0.29, 0.717) is 5.56 Å². The summed E-state index contributed by atoms with van der Waals surface area (Å²) < 4.78 is 36.5. The highest BCUT2D eigenvalue weighted by molar-refractivity contribution is 7.91. The first-order valence-corrected chi connectivity index (χ1v) is 9.47. The Kier molecular flexibility index (Phi) is 4.90. The lowest BCUT2D eigenvalue weighted by Gasteiger charge is -2.04. The topological polar surface area (TPSA) is 86.5 Å². The second-order valence-corrected chi connectivity index (χ2v) is 7.42. The van der Waals surface area contributed by atoms with Gasteiger partial charge in [-0.25, -0.2) is 13.2 Å². The molecule has 6 nitrogen and oxygen atoms in total. The van der Waals surface area contributed by atoms with Crippen LogP contribution in [0, 0.1) is 6.92 Å². The molecule has 26 heavy (non-hydrogen) atoms. The van der Waals surface area contributed by atoms with Gasteiger partial charge in [0, 0.05) is 5.56 Å². The van der Waals surface area contributed by atoms with Gasteiger partial charge in [-0.05, 0) is 26.0 Å². The molecule has 0 bridgehead atoms. The van der Waals surface area contributed by atoms with Crippen LogP contribution < -0.4 is 0 Å². The van der Waals surface area contributed by atoms with E-state index in [2.05, 4.69) is 4.98 Å². The second kappa shape index (κ2) is 7.13. The summed E-state index contributed by atoms with van der Waals surface area (Å²) in [6, 6.07) is 15.0. The van der Waals surface area contributed by atoms with Gasteiger partial charge in [-0.15, -0.1) is 0 Å². The number of carbonyl (C=O) groups excluding carboxylic acids is 1. The van der Waals surface area contributed by atoms with E-state index >= 15 is 0 Å². The molecule has 0 unspecified atom stereocenters. The van der Waals surface area contributed by atoms with E-state index in [4.69, 9.17) is 9.15 Å². The van der Waals surface area contributed by atoms with Gasteiger partial charge in [-0.2, -0.15) is 4.98 Å². The fourth-order valence-electron chi connectivity index (χ4n) is 2.37. The first-order valence-electron chi connectivity index (χ1n) is 7.98. The molecule has 2 aromatic carbocycles. The number of hydrogen-bond acceptors (Lipinski definition) is 6. The van der Waals surface area contributed by atoms with Crippen molar-refractivity contribution in [2.75, 3.05) is 6.61 Å². The third-order valence-corrected chi connectivity index (χ3v) is 5.35. The van der Waals surface area contributed by atoms with E-state index < -0.39 is 21.7 Å². The number of sulfone groups is 1. The van der Waals surface area contributed by atoms with Crippen LogP contribution in [0.4, 0.5) is 0 Å². The lowest BCUT2D eigenvalue weighted by atomic mass is 10.2. The number of oxazole rings is 1. The number of benzene rings is 2. The van der Waals surface area contributed by atoms with Gasteiger partial charge in [0.1, 0.15) is 0 Å². The van der Waals surface area contributed by atoms with Crippen LogP contribution in [0.2, 0.25) is 0 Å². The number of carbonyl (C=O) groups is 1. The first-order chi connectivity index (χ1) is 12.4. The summed E-state index contributed by atoms with van der Waals surface area (Å²) in [5.74, 6) is -1.19. The lowest BCUT2D eigenvalue weighted by molar-refractivity contribution is 0.0481. The minimum atomic E-state index is -3.97. The van der Waals surface area contributed by atoms with Gasteiger partial charge in [-0.1, -0.05) is 48.0 Å². The maximum Gasteiger partial charge on any atom is 0.394 e. The molecule has 3 rings (SSSR count). The Morgan fingerprint density at radius 2 is 1.73 bits per heavy atom. The molecule has 0 aliphatic carbocycles. The van der Waals surface area contributed by atoms with Crippen molar-refractivity contribution in [3.05, 3.63) is 66.1 Å². The summed E-state index contributed by atoms with van der Waals surface area (Å²) in [6.07, 6.45) is 0. The molecule has 7 heteroatoms. The average molecular weight is 371 g/mol. The van der Waals surface area contributed by atoms with Crippen molar-refractivity contribution in [2.45, 2.75) is 23.8 Å². The van der Waals surface area contributed by atoms with Crippen LogP contribution >= 0.6 is 0 Å². The number of ether oxygens (including phenoxy) is 1. The minimum Gasteiger partial charge on any atom is -0.459 e. The predicted molar refractivity (Wildman–Crippen MR) is 94.5 cm³/mol. The van der Waals surface area contributed by atoms with E-state index in [-0.39, 0.29) is 22.3 Å². The molecule has 1 aromatic heterocycles. The smallest absolute Gasteiger partial charge is 0.394 e. The van der Waals surface area contributed by atoms with E-state index in [1.807, 2.05) is 6.92 Å². The SMILES string of the molecule is CCOC(=O)c1nc(S(=O)(=O)c2ccc(C)cc2)c(-c2ccccc2)o1. The third-order valence-electron chi connectivity index (χ3n) is 3.67. The van der Waals surface area contributed by atoms with Crippen LogP contribution in [-0.4, -0.2) is 26.0 Å². The molecular formula is C19H17NO5S. The van der Waals surface area contributed by atoms with Gasteiger partial charge in [0.2, 0.25) is 14.9 Å². The molecule has 0 radical (unpaired) electrons. The lowest BCUT2D eigenvalue weighted by Crippen LogP contribution is -2.07. The summed E-state index contributed by atoms with van der Waals surface area (Å²) in [6.45, 7) is 3.63. The molecule has 3 aromatic rings. The number of hydrogen-bond donors (Lipinski definition) is 0.